The summed E-state index contributed by atoms with van der Waals surface area (Å²) in [6.45, 7) is 1.60. The number of ether oxygens (including phenoxy) is 1. The molecule has 4 nitrogen and oxygen atoms in total. The molecule has 1 heterocycles. The minimum atomic E-state index is -1.14. The molecule has 0 radical (unpaired) electrons. The monoisotopic (exact) mass is 258 g/mol. The molecule has 0 amide bonds. The first kappa shape index (κ1) is 11.1. The highest BCUT2D eigenvalue weighted by molar-refractivity contribution is 9.10. The smallest absolute Gasteiger partial charge is 0.330 e. The summed E-state index contributed by atoms with van der Waals surface area (Å²) < 4.78 is 5.24. The summed E-state index contributed by atoms with van der Waals surface area (Å²) >= 11 is 3.21. The van der Waals surface area contributed by atoms with Gasteiger partial charge in [0, 0.05) is 6.20 Å². The molecule has 2 N–H and O–H groups in total. The van der Waals surface area contributed by atoms with E-state index in [0.717, 1.165) is 0 Å². The van der Waals surface area contributed by atoms with E-state index in [-0.39, 0.29) is 0 Å². The predicted octanol–water partition coefficient (Wildman–Crippen LogP) is 1.19. The molecule has 0 spiro atoms. The van der Waals surface area contributed by atoms with Crippen LogP contribution in [-0.2, 0) is 15.1 Å². The molecule has 1 aromatic heterocycles. The van der Waals surface area contributed by atoms with Crippen molar-refractivity contribution in [1.82, 2.24) is 4.98 Å². The van der Waals surface area contributed by atoms with Gasteiger partial charge in [0.15, 0.2) is 0 Å². The Balaban J connectivity index is 3.09. The Morgan fingerprint density at radius 1 is 1.71 bits per heavy atom. The number of hydrogen-bond acceptors (Lipinski definition) is 4. The van der Waals surface area contributed by atoms with Gasteiger partial charge in [-0.05, 0) is 40.5 Å². The second-order valence-corrected chi connectivity index (χ2v) is 3.87. The summed E-state index contributed by atoms with van der Waals surface area (Å²) in [5.41, 5.74) is 5.36. The van der Waals surface area contributed by atoms with Crippen molar-refractivity contribution in [2.75, 3.05) is 7.11 Å². The minimum absolute atomic E-state index is 0.476. The van der Waals surface area contributed by atoms with Gasteiger partial charge in [-0.25, -0.2) is 9.78 Å². The summed E-state index contributed by atoms with van der Waals surface area (Å²) in [5.74, 6) is -0.476. The van der Waals surface area contributed by atoms with Crippen LogP contribution in [-0.4, -0.2) is 18.1 Å². The van der Waals surface area contributed by atoms with Crippen LogP contribution in [0, 0.1) is 0 Å². The number of halogens is 1. The van der Waals surface area contributed by atoms with E-state index in [2.05, 4.69) is 25.7 Å². The molecule has 1 aromatic rings. The Hall–Kier alpha value is -0.940. The first-order valence-corrected chi connectivity index (χ1v) is 4.77. The van der Waals surface area contributed by atoms with Gasteiger partial charge < -0.3 is 10.5 Å². The molecule has 1 rings (SSSR count). The number of methoxy groups -OCH3 is 1. The van der Waals surface area contributed by atoms with Crippen molar-refractivity contribution in [1.29, 1.82) is 0 Å². The van der Waals surface area contributed by atoms with Gasteiger partial charge in [0.1, 0.15) is 10.1 Å². The molecule has 0 bridgehead atoms. The van der Waals surface area contributed by atoms with E-state index in [1.165, 1.54) is 7.11 Å². The summed E-state index contributed by atoms with van der Waals surface area (Å²) in [6.07, 6.45) is 1.58. The minimum Gasteiger partial charge on any atom is -0.467 e. The Bertz CT molecular complexity index is 352. The Morgan fingerprint density at radius 3 is 2.86 bits per heavy atom. The molecule has 0 aliphatic carbocycles. The average molecular weight is 259 g/mol. The van der Waals surface area contributed by atoms with Gasteiger partial charge in [0.05, 0.1) is 7.11 Å². The molecule has 0 aliphatic heterocycles. The van der Waals surface area contributed by atoms with Crippen molar-refractivity contribution in [3.05, 3.63) is 28.5 Å². The van der Waals surface area contributed by atoms with E-state index in [1.54, 1.807) is 25.3 Å². The van der Waals surface area contributed by atoms with Crippen molar-refractivity contribution < 1.29 is 9.53 Å². The second-order valence-electron chi connectivity index (χ2n) is 3.06. The van der Waals surface area contributed by atoms with Crippen molar-refractivity contribution in [3.8, 4) is 0 Å². The van der Waals surface area contributed by atoms with Crippen LogP contribution in [0.25, 0.3) is 0 Å². The SMILES string of the molecule is COC(=O)[C@@](C)(N)c1ccnc(Br)c1. The van der Waals surface area contributed by atoms with Crippen molar-refractivity contribution in [3.63, 3.8) is 0 Å². The largest absolute Gasteiger partial charge is 0.467 e. The number of carbonyl (C=O) groups excluding carboxylic acids is 1. The molecular formula is C9H11BrN2O2. The third-order valence-corrected chi connectivity index (χ3v) is 2.37. The molecular weight excluding hydrogens is 248 g/mol. The van der Waals surface area contributed by atoms with Gasteiger partial charge in [0.2, 0.25) is 0 Å². The lowest BCUT2D eigenvalue weighted by atomic mass is 9.94. The molecule has 76 valence electrons. The number of nitrogens with zero attached hydrogens (tertiary/aromatic N) is 1. The van der Waals surface area contributed by atoms with E-state index in [0.29, 0.717) is 10.2 Å². The van der Waals surface area contributed by atoms with Gasteiger partial charge in [0.25, 0.3) is 0 Å². The number of carbonyl (C=O) groups is 1. The number of aromatic nitrogens is 1. The third-order valence-electron chi connectivity index (χ3n) is 1.94. The predicted molar refractivity (Wildman–Crippen MR) is 55.5 cm³/mol. The molecule has 1 atom stereocenters. The average Bonchev–Trinajstić information content (AvgIpc) is 2.16. The van der Waals surface area contributed by atoms with E-state index < -0.39 is 11.5 Å². The quantitative estimate of drug-likeness (QED) is 0.640. The van der Waals surface area contributed by atoms with Gasteiger partial charge >= 0.3 is 5.97 Å². The van der Waals surface area contributed by atoms with Crippen LogP contribution in [0.2, 0.25) is 0 Å². The van der Waals surface area contributed by atoms with E-state index >= 15 is 0 Å². The third kappa shape index (κ3) is 2.10. The van der Waals surface area contributed by atoms with Crippen LogP contribution >= 0.6 is 15.9 Å². The first-order chi connectivity index (χ1) is 6.48. The van der Waals surface area contributed by atoms with Crippen LogP contribution in [0.15, 0.2) is 22.9 Å². The lowest BCUT2D eigenvalue weighted by Crippen LogP contribution is -2.42. The number of hydrogen-bond donors (Lipinski definition) is 1. The summed E-state index contributed by atoms with van der Waals surface area (Å²) in [6, 6.07) is 3.37. The number of pyridine rings is 1. The van der Waals surface area contributed by atoms with Crippen LogP contribution in [0.5, 0.6) is 0 Å². The maximum absolute atomic E-state index is 11.4. The molecule has 14 heavy (non-hydrogen) atoms. The normalized spacial score (nSPS) is 14.6. The zero-order valence-corrected chi connectivity index (χ0v) is 9.54. The van der Waals surface area contributed by atoms with Crippen LogP contribution in [0.4, 0.5) is 0 Å². The van der Waals surface area contributed by atoms with Gasteiger partial charge in [-0.1, -0.05) is 0 Å². The number of nitrogens with two attached hydrogens (primary N) is 1. The van der Waals surface area contributed by atoms with E-state index in [9.17, 15) is 4.79 Å². The van der Waals surface area contributed by atoms with Crippen molar-refractivity contribution in [2.24, 2.45) is 5.73 Å². The zero-order chi connectivity index (χ0) is 10.8. The first-order valence-electron chi connectivity index (χ1n) is 3.98. The maximum atomic E-state index is 11.4. The fraction of sp³-hybridized carbons (Fsp3) is 0.333. The Kier molecular flexibility index (Phi) is 3.23. The molecule has 0 aliphatic rings. The van der Waals surface area contributed by atoms with Gasteiger partial charge in [-0.3, -0.25) is 0 Å². The number of rotatable bonds is 2. The van der Waals surface area contributed by atoms with Crippen molar-refractivity contribution in [2.45, 2.75) is 12.5 Å². The van der Waals surface area contributed by atoms with Gasteiger partial charge in [-0.2, -0.15) is 0 Å². The molecule has 0 fully saturated rings. The fourth-order valence-electron chi connectivity index (χ4n) is 1.06. The van der Waals surface area contributed by atoms with Crippen LogP contribution in [0.3, 0.4) is 0 Å². The topological polar surface area (TPSA) is 65.2 Å². The lowest BCUT2D eigenvalue weighted by Gasteiger charge is -2.21. The number of esters is 1. The second kappa shape index (κ2) is 4.06. The zero-order valence-electron chi connectivity index (χ0n) is 7.95. The van der Waals surface area contributed by atoms with Gasteiger partial charge in [-0.15, -0.1) is 0 Å². The summed E-state index contributed by atoms with van der Waals surface area (Å²) in [7, 11) is 1.31. The maximum Gasteiger partial charge on any atom is 0.330 e. The highest BCUT2D eigenvalue weighted by Crippen LogP contribution is 2.21. The molecule has 0 unspecified atom stereocenters. The summed E-state index contributed by atoms with van der Waals surface area (Å²) in [4.78, 5) is 15.3. The molecule has 0 saturated carbocycles. The molecule has 0 aromatic carbocycles. The highest BCUT2D eigenvalue weighted by Gasteiger charge is 2.31. The van der Waals surface area contributed by atoms with Crippen molar-refractivity contribution >= 4 is 21.9 Å². The van der Waals surface area contributed by atoms with E-state index in [4.69, 9.17) is 5.73 Å². The molecule has 5 heteroatoms. The standard InChI is InChI=1S/C9H11BrN2O2/c1-9(11,8(13)14-2)6-3-4-12-7(10)5-6/h3-5H,11H2,1-2H3/t9-/m0/s1. The highest BCUT2D eigenvalue weighted by atomic mass is 79.9. The Labute approximate surface area is 90.6 Å². The lowest BCUT2D eigenvalue weighted by molar-refractivity contribution is -0.146. The summed E-state index contributed by atoms with van der Waals surface area (Å²) in [5, 5.41) is 0. The van der Waals surface area contributed by atoms with Crippen LogP contribution < -0.4 is 5.73 Å². The van der Waals surface area contributed by atoms with E-state index in [1.807, 2.05) is 0 Å². The molecule has 0 saturated heterocycles. The Morgan fingerprint density at radius 2 is 2.36 bits per heavy atom. The fourth-order valence-corrected chi connectivity index (χ4v) is 1.42. The van der Waals surface area contributed by atoms with Crippen LogP contribution in [0.1, 0.15) is 12.5 Å².